The molecule has 0 saturated heterocycles. The van der Waals surface area contributed by atoms with Crippen molar-refractivity contribution in [3.05, 3.63) is 29.6 Å². The van der Waals surface area contributed by atoms with E-state index in [1.807, 2.05) is 0 Å². The minimum Gasteiger partial charge on any atom is -0.469 e. The van der Waals surface area contributed by atoms with Gasteiger partial charge < -0.3 is 15.2 Å². The fraction of sp³-hybridized carbons (Fsp3) is 0.462. The molecule has 0 heterocycles. The van der Waals surface area contributed by atoms with Gasteiger partial charge in [0, 0.05) is 6.04 Å². The monoisotopic (exact) mass is 345 g/mol. The molecule has 0 aliphatic carbocycles. The number of halogens is 5. The molecule has 0 fully saturated rings. The molecule has 4 nitrogen and oxygen atoms in total. The Labute approximate surface area is 131 Å². The van der Waals surface area contributed by atoms with Crippen LogP contribution in [0.5, 0.6) is 5.75 Å². The fourth-order valence-corrected chi connectivity index (χ4v) is 1.72. The number of hydrogen-bond donors (Lipinski definition) is 1. The SMILES string of the molecule is COC(=O)C(C)(C)[C@@H](N)c1ccc(OC(F)(F)F)c(F)c1.Cl. The molecule has 1 rings (SSSR count). The third-order valence-corrected chi connectivity index (χ3v) is 3.03. The smallest absolute Gasteiger partial charge is 0.469 e. The van der Waals surface area contributed by atoms with E-state index >= 15 is 0 Å². The second kappa shape index (κ2) is 7.15. The van der Waals surface area contributed by atoms with Crippen molar-refractivity contribution in [3.63, 3.8) is 0 Å². The van der Waals surface area contributed by atoms with Gasteiger partial charge in [0.2, 0.25) is 0 Å². The van der Waals surface area contributed by atoms with Crippen LogP contribution in [0.2, 0.25) is 0 Å². The quantitative estimate of drug-likeness (QED) is 0.671. The van der Waals surface area contributed by atoms with Crippen LogP contribution in [0.4, 0.5) is 17.6 Å². The molecule has 1 aromatic rings. The van der Waals surface area contributed by atoms with Crippen molar-refractivity contribution in [1.29, 1.82) is 0 Å². The Kier molecular flexibility index (Phi) is 6.65. The molecule has 0 aliphatic rings. The molecule has 0 bridgehead atoms. The van der Waals surface area contributed by atoms with Gasteiger partial charge in [-0.2, -0.15) is 0 Å². The Bertz CT molecular complexity index is 535. The number of esters is 1. The van der Waals surface area contributed by atoms with Crippen LogP contribution in [0.3, 0.4) is 0 Å². The fourth-order valence-electron chi connectivity index (χ4n) is 1.72. The standard InChI is InChI=1S/C13H15F4NO3.ClH/c1-12(2,11(19)20-3)10(18)7-4-5-9(8(14)6-7)21-13(15,16)17;/h4-6,10H,18H2,1-3H3;1H/t10-;/m0./s1. The first kappa shape index (κ1) is 20.5. The van der Waals surface area contributed by atoms with Gasteiger partial charge in [-0.05, 0) is 31.5 Å². The summed E-state index contributed by atoms with van der Waals surface area (Å²) in [4.78, 5) is 11.6. The summed E-state index contributed by atoms with van der Waals surface area (Å²) in [5, 5.41) is 0. The van der Waals surface area contributed by atoms with E-state index in [0.717, 1.165) is 12.1 Å². The summed E-state index contributed by atoms with van der Waals surface area (Å²) in [7, 11) is 1.18. The lowest BCUT2D eigenvalue weighted by molar-refractivity contribution is -0.275. The third-order valence-electron chi connectivity index (χ3n) is 3.03. The molecule has 0 radical (unpaired) electrons. The largest absolute Gasteiger partial charge is 0.573 e. The van der Waals surface area contributed by atoms with Crippen molar-refractivity contribution in [2.75, 3.05) is 7.11 Å². The van der Waals surface area contributed by atoms with Crippen LogP contribution in [-0.4, -0.2) is 19.4 Å². The van der Waals surface area contributed by atoms with Crippen molar-refractivity contribution < 1.29 is 31.8 Å². The maximum Gasteiger partial charge on any atom is 0.573 e. The van der Waals surface area contributed by atoms with E-state index in [1.165, 1.54) is 27.0 Å². The zero-order valence-corrected chi connectivity index (χ0v) is 12.8. The van der Waals surface area contributed by atoms with E-state index < -0.39 is 35.4 Å². The minimum absolute atomic E-state index is 0. The summed E-state index contributed by atoms with van der Waals surface area (Å²) >= 11 is 0. The topological polar surface area (TPSA) is 61.5 Å². The number of alkyl halides is 3. The van der Waals surface area contributed by atoms with E-state index in [9.17, 15) is 22.4 Å². The normalized spacial score (nSPS) is 13.1. The van der Waals surface area contributed by atoms with Crippen LogP contribution in [0.1, 0.15) is 25.5 Å². The predicted molar refractivity (Wildman–Crippen MR) is 73.1 cm³/mol. The molecule has 9 heteroatoms. The number of rotatable bonds is 4. The number of carbonyl (C=O) groups is 1. The number of ether oxygens (including phenoxy) is 2. The molecule has 2 N–H and O–H groups in total. The molecule has 0 unspecified atom stereocenters. The molecule has 1 atom stereocenters. The molecule has 126 valence electrons. The zero-order valence-electron chi connectivity index (χ0n) is 12.0. The summed E-state index contributed by atoms with van der Waals surface area (Å²) in [6.45, 7) is 2.98. The lowest BCUT2D eigenvalue weighted by atomic mass is 9.81. The number of hydrogen-bond acceptors (Lipinski definition) is 4. The van der Waals surface area contributed by atoms with Gasteiger partial charge in [-0.25, -0.2) is 4.39 Å². The average molecular weight is 346 g/mol. The van der Waals surface area contributed by atoms with Gasteiger partial charge in [0.25, 0.3) is 0 Å². The van der Waals surface area contributed by atoms with Gasteiger partial charge in [0.15, 0.2) is 11.6 Å². The molecule has 0 amide bonds. The summed E-state index contributed by atoms with van der Waals surface area (Å²) < 4.78 is 57.9. The maximum absolute atomic E-state index is 13.6. The van der Waals surface area contributed by atoms with Crippen molar-refractivity contribution in [2.45, 2.75) is 26.3 Å². The van der Waals surface area contributed by atoms with Crippen LogP contribution >= 0.6 is 12.4 Å². The Balaban J connectivity index is 0.00000441. The van der Waals surface area contributed by atoms with E-state index in [4.69, 9.17) is 5.73 Å². The van der Waals surface area contributed by atoms with Crippen molar-refractivity contribution >= 4 is 18.4 Å². The number of nitrogens with two attached hydrogens (primary N) is 1. The van der Waals surface area contributed by atoms with Crippen molar-refractivity contribution in [3.8, 4) is 5.75 Å². The molecule has 0 spiro atoms. The Morgan fingerprint density at radius 1 is 1.27 bits per heavy atom. The maximum atomic E-state index is 13.6. The summed E-state index contributed by atoms with van der Waals surface area (Å²) in [6, 6.07) is 1.82. The average Bonchev–Trinajstić information content (AvgIpc) is 2.37. The zero-order chi connectivity index (χ0) is 16.4. The van der Waals surface area contributed by atoms with Crippen LogP contribution in [0, 0.1) is 11.2 Å². The van der Waals surface area contributed by atoms with Crippen LogP contribution in [0.25, 0.3) is 0 Å². The molecule has 1 aromatic carbocycles. The van der Waals surface area contributed by atoms with Gasteiger partial charge in [-0.3, -0.25) is 4.79 Å². The highest BCUT2D eigenvalue weighted by atomic mass is 35.5. The lowest BCUT2D eigenvalue weighted by Crippen LogP contribution is -2.37. The number of carbonyl (C=O) groups excluding carboxylic acids is 1. The van der Waals surface area contributed by atoms with Crippen molar-refractivity contribution in [2.24, 2.45) is 11.1 Å². The van der Waals surface area contributed by atoms with Crippen molar-refractivity contribution in [1.82, 2.24) is 0 Å². The second-order valence-corrected chi connectivity index (χ2v) is 4.93. The van der Waals surface area contributed by atoms with E-state index in [-0.39, 0.29) is 18.0 Å². The highest BCUT2D eigenvalue weighted by Crippen LogP contribution is 2.35. The first-order valence-electron chi connectivity index (χ1n) is 5.88. The number of benzene rings is 1. The number of methoxy groups -OCH3 is 1. The summed E-state index contributed by atoms with van der Waals surface area (Å²) in [6.07, 6.45) is -4.99. The molecule has 0 aromatic heterocycles. The van der Waals surface area contributed by atoms with Gasteiger partial charge in [-0.15, -0.1) is 25.6 Å². The Hall–Kier alpha value is -1.54. The minimum atomic E-state index is -4.99. The third kappa shape index (κ3) is 4.74. The van der Waals surface area contributed by atoms with Gasteiger partial charge >= 0.3 is 12.3 Å². The van der Waals surface area contributed by atoms with Crippen LogP contribution < -0.4 is 10.5 Å². The summed E-state index contributed by atoms with van der Waals surface area (Å²) in [5.41, 5.74) is 4.84. The van der Waals surface area contributed by atoms with Crippen LogP contribution in [0.15, 0.2) is 18.2 Å². The van der Waals surface area contributed by atoms with Crippen LogP contribution in [-0.2, 0) is 9.53 Å². The van der Waals surface area contributed by atoms with E-state index in [1.54, 1.807) is 0 Å². The van der Waals surface area contributed by atoms with Gasteiger partial charge in [-0.1, -0.05) is 6.07 Å². The molecular formula is C13H16ClF4NO3. The molecule has 0 aliphatic heterocycles. The Morgan fingerprint density at radius 3 is 2.23 bits per heavy atom. The Morgan fingerprint density at radius 2 is 1.82 bits per heavy atom. The summed E-state index contributed by atoms with van der Waals surface area (Å²) in [5.74, 6) is -2.80. The van der Waals surface area contributed by atoms with Gasteiger partial charge in [0.05, 0.1) is 12.5 Å². The molecule has 22 heavy (non-hydrogen) atoms. The first-order chi connectivity index (χ1) is 9.49. The lowest BCUT2D eigenvalue weighted by Gasteiger charge is -2.29. The first-order valence-corrected chi connectivity index (χ1v) is 5.88. The highest BCUT2D eigenvalue weighted by molar-refractivity contribution is 5.85. The second-order valence-electron chi connectivity index (χ2n) is 4.93. The van der Waals surface area contributed by atoms with E-state index in [0.29, 0.717) is 0 Å². The molecule has 0 saturated carbocycles. The van der Waals surface area contributed by atoms with E-state index in [2.05, 4.69) is 9.47 Å². The molecular weight excluding hydrogens is 330 g/mol. The van der Waals surface area contributed by atoms with Gasteiger partial charge in [0.1, 0.15) is 0 Å². The highest BCUT2D eigenvalue weighted by Gasteiger charge is 2.37. The predicted octanol–water partition coefficient (Wildman–Crippen LogP) is 3.35.